The van der Waals surface area contributed by atoms with Crippen molar-refractivity contribution in [3.8, 4) is 33.4 Å². The van der Waals surface area contributed by atoms with Gasteiger partial charge in [0.05, 0.1) is 8.07 Å². The van der Waals surface area contributed by atoms with E-state index >= 15 is 0 Å². The standard InChI is InChI=1S/C47H36Si/c1-48(2,3)45-29-28-38(35-17-8-9-19-39(35)45)37-26-27-44(36-18-7-6-16-34(36)37)47-42-22-12-10-20-40(42)46(41-21-11-13-23-43(41)47)33-25-24-31-14-4-5-15-32(31)30-33/h4-30H,1-3H3. The summed E-state index contributed by atoms with van der Waals surface area (Å²) in [5.74, 6) is 0. The average molecular weight is 629 g/mol. The molecule has 1 heteroatoms. The first-order valence-corrected chi connectivity index (χ1v) is 20.4. The first-order chi connectivity index (χ1) is 23.5. The van der Waals surface area contributed by atoms with Gasteiger partial charge in [-0.05, 0) is 93.3 Å². The van der Waals surface area contributed by atoms with E-state index in [1.807, 2.05) is 0 Å². The normalized spacial score (nSPS) is 12.1. The highest BCUT2D eigenvalue weighted by Crippen LogP contribution is 2.47. The maximum absolute atomic E-state index is 2.44. The molecular formula is C47H36Si. The minimum absolute atomic E-state index is 1.25. The molecule has 0 aliphatic carbocycles. The molecule has 0 N–H and O–H groups in total. The predicted molar refractivity (Wildman–Crippen MR) is 213 cm³/mol. The summed E-state index contributed by atoms with van der Waals surface area (Å²) in [7, 11) is -1.52. The van der Waals surface area contributed by atoms with Crippen LogP contribution in [0.25, 0.3) is 87.2 Å². The largest absolute Gasteiger partial charge is 0.0784 e. The third-order valence-electron chi connectivity index (χ3n) is 10.2. The van der Waals surface area contributed by atoms with E-state index < -0.39 is 8.07 Å². The van der Waals surface area contributed by atoms with E-state index in [2.05, 4.69) is 183 Å². The van der Waals surface area contributed by atoms with Crippen LogP contribution in [0.15, 0.2) is 164 Å². The lowest BCUT2D eigenvalue weighted by atomic mass is 9.83. The van der Waals surface area contributed by atoms with Crippen molar-refractivity contribution in [3.63, 3.8) is 0 Å². The molecule has 0 fully saturated rings. The Morgan fingerprint density at radius 2 is 0.729 bits per heavy atom. The second-order valence-electron chi connectivity index (χ2n) is 14.1. The molecule has 0 aromatic heterocycles. The molecule has 9 aromatic rings. The van der Waals surface area contributed by atoms with Crippen LogP contribution < -0.4 is 5.19 Å². The molecule has 0 unspecified atom stereocenters. The summed E-state index contributed by atoms with van der Waals surface area (Å²) in [6.07, 6.45) is 0. The van der Waals surface area contributed by atoms with Crippen molar-refractivity contribution in [2.75, 3.05) is 0 Å². The number of benzene rings is 9. The smallest absolute Gasteiger partial charge is 0.0656 e. The third-order valence-corrected chi connectivity index (χ3v) is 12.2. The third kappa shape index (κ3) is 4.50. The van der Waals surface area contributed by atoms with Gasteiger partial charge in [0.2, 0.25) is 0 Å². The lowest BCUT2D eigenvalue weighted by molar-refractivity contribution is 1.66. The summed E-state index contributed by atoms with van der Waals surface area (Å²) < 4.78 is 0. The van der Waals surface area contributed by atoms with E-state index in [1.165, 1.54) is 92.4 Å². The van der Waals surface area contributed by atoms with Gasteiger partial charge < -0.3 is 0 Å². The van der Waals surface area contributed by atoms with E-state index in [0.29, 0.717) is 0 Å². The molecule has 228 valence electrons. The Kier molecular flexibility index (Phi) is 6.60. The monoisotopic (exact) mass is 628 g/mol. The number of fused-ring (bicyclic) bond motifs is 5. The number of rotatable bonds is 4. The van der Waals surface area contributed by atoms with Crippen LogP contribution in [0.2, 0.25) is 19.6 Å². The van der Waals surface area contributed by atoms with Gasteiger partial charge in [0, 0.05) is 0 Å². The van der Waals surface area contributed by atoms with Gasteiger partial charge >= 0.3 is 0 Å². The Balaban J connectivity index is 1.34. The highest BCUT2D eigenvalue weighted by atomic mass is 28.3. The van der Waals surface area contributed by atoms with Gasteiger partial charge in [0.15, 0.2) is 0 Å². The van der Waals surface area contributed by atoms with Crippen molar-refractivity contribution in [3.05, 3.63) is 164 Å². The molecule has 0 heterocycles. The van der Waals surface area contributed by atoms with Crippen molar-refractivity contribution in [1.82, 2.24) is 0 Å². The quantitative estimate of drug-likeness (QED) is 0.134. The summed E-state index contributed by atoms with van der Waals surface area (Å²) in [6.45, 7) is 7.33. The van der Waals surface area contributed by atoms with Gasteiger partial charge in [-0.1, -0.05) is 183 Å². The van der Waals surface area contributed by atoms with E-state index in [9.17, 15) is 0 Å². The van der Waals surface area contributed by atoms with Crippen LogP contribution in [-0.4, -0.2) is 8.07 Å². The van der Waals surface area contributed by atoms with Gasteiger partial charge in [-0.3, -0.25) is 0 Å². The Labute approximate surface area is 282 Å². The Morgan fingerprint density at radius 3 is 1.31 bits per heavy atom. The summed E-state index contributed by atoms with van der Waals surface area (Å²) in [6, 6.07) is 61.0. The van der Waals surface area contributed by atoms with Gasteiger partial charge in [-0.15, -0.1) is 0 Å². The first-order valence-electron chi connectivity index (χ1n) is 16.9. The van der Waals surface area contributed by atoms with Crippen LogP contribution in [0.5, 0.6) is 0 Å². The van der Waals surface area contributed by atoms with Gasteiger partial charge in [0.1, 0.15) is 0 Å². The minimum atomic E-state index is -1.52. The zero-order chi connectivity index (χ0) is 32.4. The molecule has 0 aliphatic rings. The summed E-state index contributed by atoms with van der Waals surface area (Å²) in [5.41, 5.74) is 7.71. The van der Waals surface area contributed by atoms with E-state index in [1.54, 1.807) is 0 Å². The lowest BCUT2D eigenvalue weighted by Crippen LogP contribution is -2.38. The van der Waals surface area contributed by atoms with Crippen molar-refractivity contribution in [1.29, 1.82) is 0 Å². The second kappa shape index (κ2) is 11.0. The maximum Gasteiger partial charge on any atom is 0.0784 e. The molecule has 0 saturated heterocycles. The van der Waals surface area contributed by atoms with Gasteiger partial charge in [-0.25, -0.2) is 0 Å². The molecular weight excluding hydrogens is 593 g/mol. The predicted octanol–water partition coefficient (Wildman–Crippen LogP) is 13.0. The van der Waals surface area contributed by atoms with Crippen LogP contribution in [0.4, 0.5) is 0 Å². The highest BCUT2D eigenvalue weighted by molar-refractivity contribution is 6.90. The van der Waals surface area contributed by atoms with Crippen LogP contribution in [0, 0.1) is 0 Å². The average Bonchev–Trinajstić information content (AvgIpc) is 3.12. The summed E-state index contributed by atoms with van der Waals surface area (Å²) in [4.78, 5) is 0. The molecule has 0 radical (unpaired) electrons. The fourth-order valence-electron chi connectivity index (χ4n) is 8.01. The number of hydrogen-bond donors (Lipinski definition) is 0. The Bertz CT molecular complexity index is 2650. The molecule has 9 aromatic carbocycles. The van der Waals surface area contributed by atoms with Crippen LogP contribution in [-0.2, 0) is 0 Å². The van der Waals surface area contributed by atoms with Gasteiger partial charge in [0.25, 0.3) is 0 Å². The molecule has 0 nitrogen and oxygen atoms in total. The topological polar surface area (TPSA) is 0 Å². The molecule has 48 heavy (non-hydrogen) atoms. The van der Waals surface area contributed by atoms with Crippen LogP contribution in [0.3, 0.4) is 0 Å². The van der Waals surface area contributed by atoms with E-state index in [4.69, 9.17) is 0 Å². The maximum atomic E-state index is 2.44. The van der Waals surface area contributed by atoms with Crippen LogP contribution in [0.1, 0.15) is 0 Å². The summed E-state index contributed by atoms with van der Waals surface area (Å²) >= 11 is 0. The Morgan fingerprint density at radius 1 is 0.312 bits per heavy atom. The molecule has 0 saturated carbocycles. The highest BCUT2D eigenvalue weighted by Gasteiger charge is 2.22. The minimum Gasteiger partial charge on any atom is -0.0656 e. The van der Waals surface area contributed by atoms with Crippen molar-refractivity contribution >= 4 is 67.1 Å². The van der Waals surface area contributed by atoms with Gasteiger partial charge in [-0.2, -0.15) is 0 Å². The fraction of sp³-hybridized carbons (Fsp3) is 0.0638. The van der Waals surface area contributed by atoms with E-state index in [-0.39, 0.29) is 0 Å². The molecule has 0 bridgehead atoms. The molecule has 9 rings (SSSR count). The van der Waals surface area contributed by atoms with Crippen molar-refractivity contribution in [2.45, 2.75) is 19.6 Å². The lowest BCUT2D eigenvalue weighted by Gasteiger charge is -2.22. The molecule has 0 aliphatic heterocycles. The molecule has 0 spiro atoms. The van der Waals surface area contributed by atoms with Crippen molar-refractivity contribution in [2.24, 2.45) is 0 Å². The summed E-state index contributed by atoms with van der Waals surface area (Å²) in [5, 5.41) is 14.5. The van der Waals surface area contributed by atoms with E-state index in [0.717, 1.165) is 0 Å². The SMILES string of the molecule is C[Si](C)(C)c1ccc(-c2ccc(-c3c4ccccc4c(-c4ccc5ccccc5c4)c4ccccc34)c3ccccc23)c2ccccc12. The molecule has 0 atom stereocenters. The van der Waals surface area contributed by atoms with Crippen LogP contribution >= 0.6 is 0 Å². The van der Waals surface area contributed by atoms with Crippen molar-refractivity contribution < 1.29 is 0 Å². The number of hydrogen-bond acceptors (Lipinski definition) is 0. The fourth-order valence-corrected chi connectivity index (χ4v) is 9.62. The zero-order valence-electron chi connectivity index (χ0n) is 27.6. The molecule has 0 amide bonds. The first kappa shape index (κ1) is 28.7. The zero-order valence-corrected chi connectivity index (χ0v) is 28.6. The second-order valence-corrected chi connectivity index (χ2v) is 19.1. The Hall–Kier alpha value is -5.50.